The summed E-state index contributed by atoms with van der Waals surface area (Å²) in [6.07, 6.45) is 4.14. The maximum atomic E-state index is 14.8. The number of benzene rings is 3. The number of aromatic amines is 1. The minimum atomic E-state index is -1.43. The van der Waals surface area contributed by atoms with Crippen LogP contribution in [0, 0.1) is 11.3 Å². The van der Waals surface area contributed by atoms with Gasteiger partial charge in [-0.05, 0) is 73.5 Å². The van der Waals surface area contributed by atoms with E-state index in [2.05, 4.69) is 32.3 Å². The average molecular weight is 870 g/mol. The minimum absolute atomic E-state index is 0.00855. The van der Waals surface area contributed by atoms with E-state index in [0.717, 1.165) is 22.0 Å². The lowest BCUT2D eigenvalue weighted by molar-refractivity contribution is -0.148. The molecule has 16 nitrogen and oxygen atoms in total. The number of carbonyl (C=O) groups is 6. The zero-order valence-corrected chi connectivity index (χ0v) is 35.7. The molecule has 6 atom stereocenters. The number of ether oxygens (including phenoxy) is 1. The van der Waals surface area contributed by atoms with Gasteiger partial charge < -0.3 is 46.5 Å². The number of nitrogens with two attached hydrogens (primary N) is 1. The Bertz CT molecular complexity index is 2410. The number of nitrogens with zero attached hydrogens (tertiary/aromatic N) is 3. The van der Waals surface area contributed by atoms with Crippen molar-refractivity contribution >= 4 is 46.3 Å². The Balaban J connectivity index is 1.17. The largest absolute Gasteiger partial charge is 0.372 e. The van der Waals surface area contributed by atoms with Gasteiger partial charge in [0.05, 0.1) is 24.3 Å². The first-order chi connectivity index (χ1) is 31.1. The molecule has 4 aromatic rings. The van der Waals surface area contributed by atoms with Gasteiger partial charge in [0.2, 0.25) is 35.4 Å². The maximum Gasteiger partial charge on any atom is 0.246 e. The molecular weight excluding hydrogens is 815 g/mol. The Morgan fingerprint density at radius 3 is 2.20 bits per heavy atom. The van der Waals surface area contributed by atoms with Crippen molar-refractivity contribution in [3.63, 3.8) is 0 Å². The molecule has 64 heavy (non-hydrogen) atoms. The molecule has 0 radical (unpaired) electrons. The van der Waals surface area contributed by atoms with Crippen LogP contribution in [0.5, 0.6) is 0 Å². The van der Waals surface area contributed by atoms with Gasteiger partial charge in [-0.15, -0.1) is 0 Å². The van der Waals surface area contributed by atoms with E-state index in [0.29, 0.717) is 36.8 Å². The monoisotopic (exact) mass is 869 g/mol. The molecular formula is C48H55N9O7. The third-order valence-corrected chi connectivity index (χ3v) is 13.2. The molecule has 1 spiro atoms. The zero-order chi connectivity index (χ0) is 44.8. The molecule has 3 saturated heterocycles. The molecule has 1 aliphatic carbocycles. The first-order valence-electron chi connectivity index (χ1n) is 22.3. The molecule has 334 valence electrons. The molecule has 3 aliphatic heterocycles. The van der Waals surface area contributed by atoms with E-state index in [9.17, 15) is 34.0 Å². The predicted octanol–water partition coefficient (Wildman–Crippen LogP) is 2.25. The van der Waals surface area contributed by atoms with Crippen LogP contribution in [0.2, 0.25) is 0 Å². The van der Waals surface area contributed by atoms with Gasteiger partial charge in [-0.25, -0.2) is 0 Å². The molecule has 1 saturated carbocycles. The van der Waals surface area contributed by atoms with Crippen LogP contribution < -0.4 is 27.0 Å². The van der Waals surface area contributed by atoms with Crippen molar-refractivity contribution in [3.8, 4) is 6.07 Å². The molecule has 8 rings (SSSR count). The second kappa shape index (κ2) is 19.4. The number of hydrogen-bond acceptors (Lipinski definition) is 9. The molecule has 1 aromatic heterocycles. The van der Waals surface area contributed by atoms with Crippen LogP contribution in [-0.4, -0.2) is 112 Å². The Hall–Kier alpha value is -6.57. The first-order valence-corrected chi connectivity index (χ1v) is 22.3. The summed E-state index contributed by atoms with van der Waals surface area (Å²) in [4.78, 5) is 94.2. The van der Waals surface area contributed by atoms with Gasteiger partial charge in [-0.2, -0.15) is 5.26 Å². The lowest BCUT2D eigenvalue weighted by Gasteiger charge is -2.35. The lowest BCUT2D eigenvalue weighted by Crippen LogP contribution is -2.65. The Morgan fingerprint density at radius 2 is 1.45 bits per heavy atom. The number of hydrogen-bond donors (Lipinski definition) is 6. The van der Waals surface area contributed by atoms with Crippen molar-refractivity contribution in [3.05, 3.63) is 107 Å². The molecule has 4 aliphatic rings. The molecule has 3 aromatic carbocycles. The quantitative estimate of drug-likeness (QED) is 0.145. The molecule has 7 N–H and O–H groups in total. The van der Waals surface area contributed by atoms with Gasteiger partial charge in [0.25, 0.3) is 0 Å². The van der Waals surface area contributed by atoms with Crippen LogP contribution in [0.1, 0.15) is 73.6 Å². The number of amides is 6. The smallest absolute Gasteiger partial charge is 0.246 e. The molecule has 16 heteroatoms. The summed E-state index contributed by atoms with van der Waals surface area (Å²) in [6.45, 7) is 0.605. The van der Waals surface area contributed by atoms with Gasteiger partial charge in [-0.3, -0.25) is 28.8 Å². The Labute approximate surface area is 371 Å². The Kier molecular flexibility index (Phi) is 13.4. The van der Waals surface area contributed by atoms with Gasteiger partial charge >= 0.3 is 0 Å². The van der Waals surface area contributed by atoms with Crippen molar-refractivity contribution in [2.24, 2.45) is 5.73 Å². The minimum Gasteiger partial charge on any atom is -0.372 e. The van der Waals surface area contributed by atoms with E-state index >= 15 is 0 Å². The van der Waals surface area contributed by atoms with Crippen LogP contribution in [0.25, 0.3) is 10.9 Å². The first kappa shape index (κ1) is 44.1. The van der Waals surface area contributed by atoms with Gasteiger partial charge in [-0.1, -0.05) is 73.5 Å². The number of para-hydroxylation sites is 1. The fourth-order valence-corrected chi connectivity index (χ4v) is 9.74. The van der Waals surface area contributed by atoms with Crippen LogP contribution in [-0.2, 0) is 53.0 Å². The fraction of sp³-hybridized carbons (Fsp3) is 0.438. The maximum absolute atomic E-state index is 14.8. The Morgan fingerprint density at radius 1 is 0.734 bits per heavy atom. The SMILES string of the molecule is N#Cc1ccc(C[C@@H]2NC(=O)[C@H]3C[C@H](OCc4ccccc4)CN3C(=O)[C@H]3CCCN3C(=O)[C@H](CCN)NC(=O)[C@H](Cc3c[nH]c4ccccc34)NC(=O)C3(CCCC3)NC2=O)cc1. The van der Waals surface area contributed by atoms with Crippen LogP contribution in [0.4, 0.5) is 0 Å². The summed E-state index contributed by atoms with van der Waals surface area (Å²) in [5.74, 6) is -3.28. The number of fused-ring (bicyclic) bond motifs is 3. The lowest BCUT2D eigenvalue weighted by atomic mass is 9.93. The number of nitrogens with one attached hydrogen (secondary N) is 5. The number of H-pyrrole nitrogens is 1. The average Bonchev–Trinajstić information content (AvgIpc) is 4.15. The molecule has 0 bridgehead atoms. The van der Waals surface area contributed by atoms with Crippen molar-refractivity contribution in [1.29, 1.82) is 5.26 Å². The second-order valence-corrected chi connectivity index (χ2v) is 17.4. The normalized spacial score (nSPS) is 25.5. The van der Waals surface area contributed by atoms with Crippen molar-refractivity contribution < 1.29 is 33.5 Å². The highest BCUT2D eigenvalue weighted by atomic mass is 16.5. The molecule has 0 unspecified atom stereocenters. The highest BCUT2D eigenvalue weighted by Gasteiger charge is 2.49. The van der Waals surface area contributed by atoms with E-state index < -0.39 is 77.3 Å². The van der Waals surface area contributed by atoms with E-state index in [1.165, 1.54) is 9.80 Å². The van der Waals surface area contributed by atoms with Crippen LogP contribution in [0.3, 0.4) is 0 Å². The summed E-state index contributed by atoms with van der Waals surface area (Å²) < 4.78 is 6.31. The second-order valence-electron chi connectivity index (χ2n) is 17.4. The van der Waals surface area contributed by atoms with Crippen molar-refractivity contribution in [2.45, 2.75) is 113 Å². The number of rotatable bonds is 9. The third-order valence-electron chi connectivity index (χ3n) is 13.2. The number of aromatic nitrogens is 1. The summed E-state index contributed by atoms with van der Waals surface area (Å²) in [6, 6.07) is 20.4. The number of nitriles is 1. The van der Waals surface area contributed by atoms with Crippen LogP contribution >= 0.6 is 0 Å². The topological polar surface area (TPSA) is 232 Å². The van der Waals surface area contributed by atoms with E-state index in [1.54, 1.807) is 30.5 Å². The van der Waals surface area contributed by atoms with Gasteiger partial charge in [0.1, 0.15) is 35.7 Å². The van der Waals surface area contributed by atoms with Gasteiger partial charge in [0.15, 0.2) is 0 Å². The summed E-state index contributed by atoms with van der Waals surface area (Å²) in [5.41, 5.74) is 8.20. The number of carbonyl (C=O) groups excluding carboxylic acids is 6. The molecule has 4 heterocycles. The standard InChI is InChI=1S/C48H55N9O7/c49-21-18-37-45(61)56-22-8-13-40(56)46(62)57-28-34(64-29-32-9-2-1-3-10-32)25-41(57)44(60)53-38(23-30-14-16-31(26-50)17-15-30)43(59)55-48(19-6-7-20-48)47(63)54-39(42(58)52-37)24-33-27-51-36-12-5-4-11-35(33)36/h1-5,9-12,14-17,27,34,37-41,51H,6-8,13,18-25,28-29,49H2,(H,52,58)(H,53,60)(H,54,63)(H,55,59)/t34-,37-,38-,39-,40+,41+/m0/s1. The zero-order valence-electron chi connectivity index (χ0n) is 35.7. The summed E-state index contributed by atoms with van der Waals surface area (Å²) in [7, 11) is 0. The summed E-state index contributed by atoms with van der Waals surface area (Å²) in [5, 5.41) is 22.2. The van der Waals surface area contributed by atoms with E-state index in [4.69, 9.17) is 10.5 Å². The fourth-order valence-electron chi connectivity index (χ4n) is 9.74. The van der Waals surface area contributed by atoms with E-state index in [1.807, 2.05) is 54.6 Å². The van der Waals surface area contributed by atoms with Crippen molar-refractivity contribution in [2.75, 3.05) is 19.6 Å². The predicted molar refractivity (Wildman–Crippen MR) is 236 cm³/mol. The highest BCUT2D eigenvalue weighted by Crippen LogP contribution is 2.32. The molecule has 4 fully saturated rings. The highest BCUT2D eigenvalue weighted by molar-refractivity contribution is 6.00. The van der Waals surface area contributed by atoms with Crippen molar-refractivity contribution in [1.82, 2.24) is 36.1 Å². The van der Waals surface area contributed by atoms with E-state index in [-0.39, 0.29) is 64.8 Å². The molecule has 6 amide bonds. The van der Waals surface area contributed by atoms with Crippen LogP contribution in [0.15, 0.2) is 85.1 Å². The third kappa shape index (κ3) is 9.51. The summed E-state index contributed by atoms with van der Waals surface area (Å²) >= 11 is 0. The van der Waals surface area contributed by atoms with Gasteiger partial charge in [0, 0.05) is 49.5 Å².